The van der Waals surface area contributed by atoms with E-state index in [0.717, 1.165) is 11.8 Å². The third-order valence-corrected chi connectivity index (χ3v) is 4.08. The lowest BCUT2D eigenvalue weighted by molar-refractivity contribution is 0.515. The van der Waals surface area contributed by atoms with Crippen LogP contribution in [0, 0.1) is 17.3 Å². The van der Waals surface area contributed by atoms with E-state index in [0.29, 0.717) is 5.41 Å². The summed E-state index contributed by atoms with van der Waals surface area (Å²) in [6, 6.07) is 0. The van der Waals surface area contributed by atoms with Gasteiger partial charge in [-0.05, 0) is 37.0 Å². The molecule has 0 bridgehead atoms. The summed E-state index contributed by atoms with van der Waals surface area (Å²) in [6.07, 6.45) is 6.55. The van der Waals surface area contributed by atoms with Gasteiger partial charge < -0.3 is 0 Å². The van der Waals surface area contributed by atoms with Crippen molar-refractivity contribution < 1.29 is 0 Å². The second kappa shape index (κ2) is 3.86. The maximum absolute atomic E-state index is 2.53. The van der Waals surface area contributed by atoms with E-state index < -0.39 is 0 Å². The smallest absolute Gasteiger partial charge is 0.0171 e. The Balaban J connectivity index is 2.50. The van der Waals surface area contributed by atoms with Gasteiger partial charge >= 0.3 is 0 Å². The number of hydrogen-bond donors (Lipinski definition) is 0. The molecule has 1 aliphatic rings. The van der Waals surface area contributed by atoms with Crippen molar-refractivity contribution in [2.75, 3.05) is 0 Å². The molecule has 0 aromatic heterocycles. The number of allylic oxidation sites excluding steroid dienone is 2. The fourth-order valence-corrected chi connectivity index (χ4v) is 1.91. The second-order valence-corrected chi connectivity index (χ2v) is 5.04. The monoisotopic (exact) mass is 180 g/mol. The molecular weight excluding hydrogens is 156 g/mol. The van der Waals surface area contributed by atoms with Crippen LogP contribution in [0.3, 0.4) is 0 Å². The standard InChI is InChI=1S/C13H24/c1-6-10(3)11(4)8-12-9-13(12,5)7-2/h8,10,12H,6-7,9H2,1-5H3. The Kier molecular flexibility index (Phi) is 3.21. The summed E-state index contributed by atoms with van der Waals surface area (Å²) in [6.45, 7) is 11.6. The van der Waals surface area contributed by atoms with Crippen molar-refractivity contribution in [3.8, 4) is 0 Å². The van der Waals surface area contributed by atoms with E-state index in [4.69, 9.17) is 0 Å². The van der Waals surface area contributed by atoms with Crippen molar-refractivity contribution >= 4 is 0 Å². The first kappa shape index (κ1) is 10.8. The average molecular weight is 180 g/mol. The van der Waals surface area contributed by atoms with Crippen LogP contribution in [-0.2, 0) is 0 Å². The minimum Gasteiger partial charge on any atom is -0.0817 e. The molecule has 0 aromatic rings. The first-order chi connectivity index (χ1) is 6.03. The predicted octanol–water partition coefficient (Wildman–Crippen LogP) is 4.42. The van der Waals surface area contributed by atoms with Crippen LogP contribution in [0.2, 0.25) is 0 Å². The topological polar surface area (TPSA) is 0 Å². The molecule has 3 atom stereocenters. The van der Waals surface area contributed by atoms with E-state index >= 15 is 0 Å². The number of hydrogen-bond acceptors (Lipinski definition) is 0. The van der Waals surface area contributed by atoms with Crippen molar-refractivity contribution in [3.05, 3.63) is 11.6 Å². The molecule has 0 amide bonds. The van der Waals surface area contributed by atoms with E-state index in [1.165, 1.54) is 19.3 Å². The van der Waals surface area contributed by atoms with Crippen molar-refractivity contribution in [3.63, 3.8) is 0 Å². The Bertz CT molecular complexity index is 202. The minimum absolute atomic E-state index is 0.648. The van der Waals surface area contributed by atoms with Crippen LogP contribution >= 0.6 is 0 Å². The van der Waals surface area contributed by atoms with Gasteiger partial charge in [0.2, 0.25) is 0 Å². The van der Waals surface area contributed by atoms with Crippen LogP contribution in [0.25, 0.3) is 0 Å². The van der Waals surface area contributed by atoms with Crippen LogP contribution in [0.4, 0.5) is 0 Å². The Morgan fingerprint density at radius 3 is 2.54 bits per heavy atom. The van der Waals surface area contributed by atoms with Crippen molar-refractivity contribution in [2.45, 2.75) is 53.9 Å². The normalized spacial score (nSPS) is 36.1. The molecule has 1 fully saturated rings. The fourth-order valence-electron chi connectivity index (χ4n) is 1.91. The molecule has 0 aliphatic heterocycles. The van der Waals surface area contributed by atoms with Crippen LogP contribution in [-0.4, -0.2) is 0 Å². The molecule has 0 heteroatoms. The quantitative estimate of drug-likeness (QED) is 0.562. The summed E-state index contributed by atoms with van der Waals surface area (Å²) >= 11 is 0. The van der Waals surface area contributed by atoms with Gasteiger partial charge in [-0.2, -0.15) is 0 Å². The van der Waals surface area contributed by atoms with Gasteiger partial charge in [0.1, 0.15) is 0 Å². The van der Waals surface area contributed by atoms with E-state index in [2.05, 4.69) is 40.7 Å². The highest BCUT2D eigenvalue weighted by molar-refractivity contribution is 5.15. The van der Waals surface area contributed by atoms with E-state index in [9.17, 15) is 0 Å². The highest BCUT2D eigenvalue weighted by Gasteiger charge is 2.46. The van der Waals surface area contributed by atoms with Crippen LogP contribution in [0.15, 0.2) is 11.6 Å². The Labute approximate surface area is 83.4 Å². The molecule has 13 heavy (non-hydrogen) atoms. The van der Waals surface area contributed by atoms with Gasteiger partial charge in [-0.1, -0.05) is 45.8 Å². The second-order valence-electron chi connectivity index (χ2n) is 5.04. The molecule has 0 N–H and O–H groups in total. The summed E-state index contributed by atoms with van der Waals surface area (Å²) in [4.78, 5) is 0. The molecule has 0 saturated heterocycles. The van der Waals surface area contributed by atoms with Gasteiger partial charge in [0, 0.05) is 0 Å². The summed E-state index contributed by atoms with van der Waals surface area (Å²) < 4.78 is 0. The molecule has 1 saturated carbocycles. The molecular formula is C13H24. The van der Waals surface area contributed by atoms with Crippen molar-refractivity contribution in [2.24, 2.45) is 17.3 Å². The summed E-state index contributed by atoms with van der Waals surface area (Å²) in [5.74, 6) is 1.66. The first-order valence-electron chi connectivity index (χ1n) is 5.71. The lowest BCUT2D eigenvalue weighted by Gasteiger charge is -2.10. The van der Waals surface area contributed by atoms with Gasteiger partial charge in [0.15, 0.2) is 0 Å². The first-order valence-corrected chi connectivity index (χ1v) is 5.71. The lowest BCUT2D eigenvalue weighted by Crippen LogP contribution is -1.97. The van der Waals surface area contributed by atoms with Gasteiger partial charge in [0.05, 0.1) is 0 Å². The Morgan fingerprint density at radius 2 is 2.15 bits per heavy atom. The zero-order valence-corrected chi connectivity index (χ0v) is 9.85. The van der Waals surface area contributed by atoms with Gasteiger partial charge in [-0.15, -0.1) is 0 Å². The molecule has 0 spiro atoms. The highest BCUT2D eigenvalue weighted by atomic mass is 14.5. The van der Waals surface area contributed by atoms with Crippen LogP contribution in [0.5, 0.6) is 0 Å². The highest BCUT2D eigenvalue weighted by Crippen LogP contribution is 2.56. The molecule has 1 aliphatic carbocycles. The van der Waals surface area contributed by atoms with E-state index in [-0.39, 0.29) is 0 Å². The average Bonchev–Trinajstić information content (AvgIpc) is 2.76. The summed E-state index contributed by atoms with van der Waals surface area (Å²) in [5, 5.41) is 0. The molecule has 0 radical (unpaired) electrons. The van der Waals surface area contributed by atoms with Crippen LogP contribution < -0.4 is 0 Å². The minimum atomic E-state index is 0.648. The molecule has 3 unspecified atom stereocenters. The molecule has 0 heterocycles. The third-order valence-electron chi connectivity index (χ3n) is 4.08. The largest absolute Gasteiger partial charge is 0.0817 e. The predicted molar refractivity (Wildman–Crippen MR) is 59.7 cm³/mol. The summed E-state index contributed by atoms with van der Waals surface area (Å²) in [5.41, 5.74) is 2.25. The number of rotatable bonds is 4. The Morgan fingerprint density at radius 1 is 1.54 bits per heavy atom. The zero-order chi connectivity index (χ0) is 10.1. The van der Waals surface area contributed by atoms with E-state index in [1.54, 1.807) is 5.57 Å². The maximum Gasteiger partial charge on any atom is -0.0171 e. The summed E-state index contributed by atoms with van der Waals surface area (Å²) in [7, 11) is 0. The van der Waals surface area contributed by atoms with Gasteiger partial charge in [-0.25, -0.2) is 0 Å². The molecule has 0 aromatic carbocycles. The van der Waals surface area contributed by atoms with E-state index in [1.807, 2.05) is 0 Å². The lowest BCUT2D eigenvalue weighted by atomic mass is 9.96. The molecule has 76 valence electrons. The molecule has 0 nitrogen and oxygen atoms in total. The zero-order valence-electron chi connectivity index (χ0n) is 9.85. The third kappa shape index (κ3) is 2.36. The van der Waals surface area contributed by atoms with Gasteiger partial charge in [-0.3, -0.25) is 0 Å². The van der Waals surface area contributed by atoms with Crippen molar-refractivity contribution in [1.82, 2.24) is 0 Å². The maximum atomic E-state index is 2.53. The molecule has 1 rings (SSSR count). The SMILES string of the molecule is CCC(C)C(C)=CC1CC1(C)CC. The van der Waals surface area contributed by atoms with Crippen LogP contribution in [0.1, 0.15) is 53.9 Å². The van der Waals surface area contributed by atoms with Crippen molar-refractivity contribution in [1.29, 1.82) is 0 Å². The fraction of sp³-hybridized carbons (Fsp3) is 0.846. The Hall–Kier alpha value is -0.260. The van der Waals surface area contributed by atoms with Gasteiger partial charge in [0.25, 0.3) is 0 Å².